The molecule has 6 heteroatoms. The molecular formula is C13H15BrClN3O. The molecule has 102 valence electrons. The first-order valence-electron chi connectivity index (χ1n) is 5.93. The van der Waals surface area contributed by atoms with Gasteiger partial charge in [0.2, 0.25) is 0 Å². The van der Waals surface area contributed by atoms with Crippen molar-refractivity contribution >= 4 is 33.2 Å². The lowest BCUT2D eigenvalue weighted by Gasteiger charge is -2.14. The number of aryl methyl sites for hydroxylation is 1. The largest absolute Gasteiger partial charge is 0.491 e. The summed E-state index contributed by atoms with van der Waals surface area (Å²) in [5.74, 6) is 1.71. The predicted molar refractivity (Wildman–Crippen MR) is 80.9 cm³/mol. The monoisotopic (exact) mass is 343 g/mol. The SMILES string of the molecule is CCOc1c(Br)cc(Cl)cc1NCc1nccn1C. The molecule has 0 aliphatic heterocycles. The zero-order valence-corrected chi connectivity index (χ0v) is 13.1. The van der Waals surface area contributed by atoms with Crippen LogP contribution >= 0.6 is 27.5 Å². The summed E-state index contributed by atoms with van der Waals surface area (Å²) < 4.78 is 8.43. The molecule has 2 aromatic rings. The predicted octanol–water partition coefficient (Wildman–Crippen LogP) is 3.85. The van der Waals surface area contributed by atoms with Gasteiger partial charge in [-0.3, -0.25) is 0 Å². The molecule has 0 aliphatic rings. The molecule has 1 aromatic carbocycles. The number of hydrogen-bond donors (Lipinski definition) is 1. The Morgan fingerprint density at radius 3 is 2.89 bits per heavy atom. The molecule has 2 rings (SSSR count). The van der Waals surface area contributed by atoms with Gasteiger partial charge >= 0.3 is 0 Å². The van der Waals surface area contributed by atoms with Crippen molar-refractivity contribution in [2.75, 3.05) is 11.9 Å². The normalized spacial score (nSPS) is 10.5. The van der Waals surface area contributed by atoms with Crippen LogP contribution in [0.3, 0.4) is 0 Å². The number of halogens is 2. The molecule has 0 unspecified atom stereocenters. The number of nitrogens with one attached hydrogen (secondary N) is 1. The van der Waals surface area contributed by atoms with Crippen LogP contribution in [0, 0.1) is 0 Å². The molecule has 0 spiro atoms. The Labute approximate surface area is 125 Å². The van der Waals surface area contributed by atoms with E-state index >= 15 is 0 Å². The van der Waals surface area contributed by atoms with E-state index in [-0.39, 0.29) is 0 Å². The van der Waals surface area contributed by atoms with Gasteiger partial charge in [-0.05, 0) is 35.0 Å². The first kappa shape index (κ1) is 14.2. The number of benzene rings is 1. The van der Waals surface area contributed by atoms with E-state index in [1.54, 1.807) is 6.20 Å². The molecule has 1 N–H and O–H groups in total. The number of anilines is 1. The van der Waals surface area contributed by atoms with E-state index in [2.05, 4.69) is 26.2 Å². The van der Waals surface area contributed by atoms with Gasteiger partial charge in [-0.15, -0.1) is 0 Å². The van der Waals surface area contributed by atoms with Gasteiger partial charge < -0.3 is 14.6 Å². The maximum Gasteiger partial charge on any atom is 0.156 e. The number of ether oxygens (including phenoxy) is 1. The lowest BCUT2D eigenvalue weighted by Crippen LogP contribution is -2.07. The summed E-state index contributed by atoms with van der Waals surface area (Å²) in [6, 6.07) is 3.67. The molecule has 0 saturated carbocycles. The second-order valence-corrected chi connectivity index (χ2v) is 5.30. The molecule has 4 nitrogen and oxygen atoms in total. The maximum atomic E-state index is 6.07. The van der Waals surface area contributed by atoms with Crippen LogP contribution in [0.4, 0.5) is 5.69 Å². The second-order valence-electron chi connectivity index (χ2n) is 4.01. The minimum absolute atomic E-state index is 0.595. The van der Waals surface area contributed by atoms with Crippen LogP contribution in [0.25, 0.3) is 0 Å². The van der Waals surface area contributed by atoms with Gasteiger partial charge in [0.05, 0.1) is 23.3 Å². The van der Waals surface area contributed by atoms with Crippen molar-refractivity contribution in [1.29, 1.82) is 0 Å². The number of hydrogen-bond acceptors (Lipinski definition) is 3. The Kier molecular flexibility index (Phi) is 4.71. The molecule has 0 bridgehead atoms. The summed E-state index contributed by atoms with van der Waals surface area (Å²) in [5, 5.41) is 3.95. The average molecular weight is 345 g/mol. The molecule has 0 aliphatic carbocycles. The van der Waals surface area contributed by atoms with Gasteiger partial charge in [0.25, 0.3) is 0 Å². The molecule has 0 saturated heterocycles. The Morgan fingerprint density at radius 1 is 1.47 bits per heavy atom. The van der Waals surface area contributed by atoms with Crippen LogP contribution in [-0.2, 0) is 13.6 Å². The minimum Gasteiger partial charge on any atom is -0.491 e. The van der Waals surface area contributed by atoms with Gasteiger partial charge in [0.1, 0.15) is 5.82 Å². The van der Waals surface area contributed by atoms with Gasteiger partial charge in [-0.2, -0.15) is 0 Å². The smallest absolute Gasteiger partial charge is 0.156 e. The summed E-state index contributed by atoms with van der Waals surface area (Å²) in [4.78, 5) is 4.27. The van der Waals surface area contributed by atoms with Gasteiger partial charge in [0.15, 0.2) is 5.75 Å². The fraction of sp³-hybridized carbons (Fsp3) is 0.308. The standard InChI is InChI=1S/C13H15BrClN3O/c1-3-19-13-10(14)6-9(15)7-11(13)17-8-12-16-4-5-18(12)2/h4-7,17H,3,8H2,1-2H3. The molecular weight excluding hydrogens is 330 g/mol. The fourth-order valence-electron chi connectivity index (χ4n) is 1.72. The molecule has 1 aromatic heterocycles. The van der Waals surface area contributed by atoms with E-state index in [0.717, 1.165) is 21.7 Å². The van der Waals surface area contributed by atoms with Crippen molar-refractivity contribution in [1.82, 2.24) is 9.55 Å². The van der Waals surface area contributed by atoms with E-state index < -0.39 is 0 Å². The molecule has 0 radical (unpaired) electrons. The van der Waals surface area contributed by atoms with Crippen molar-refractivity contribution in [3.8, 4) is 5.75 Å². The van der Waals surface area contributed by atoms with Crippen molar-refractivity contribution in [2.24, 2.45) is 7.05 Å². The summed E-state index contributed by atoms with van der Waals surface area (Å²) in [6.07, 6.45) is 3.68. The number of rotatable bonds is 5. The molecule has 0 amide bonds. The quantitative estimate of drug-likeness (QED) is 0.895. The van der Waals surface area contributed by atoms with E-state index in [1.807, 2.05) is 36.9 Å². The molecule has 19 heavy (non-hydrogen) atoms. The first-order chi connectivity index (χ1) is 9.11. The summed E-state index contributed by atoms with van der Waals surface area (Å²) in [6.45, 7) is 3.15. The molecule has 0 atom stereocenters. The molecule has 1 heterocycles. The maximum absolute atomic E-state index is 6.07. The third kappa shape index (κ3) is 3.42. The van der Waals surface area contributed by atoms with Crippen molar-refractivity contribution < 1.29 is 4.74 Å². The Bertz CT molecular complexity index is 571. The van der Waals surface area contributed by atoms with Gasteiger partial charge in [-0.25, -0.2) is 4.98 Å². The highest BCUT2D eigenvalue weighted by molar-refractivity contribution is 9.10. The Balaban J connectivity index is 2.21. The van der Waals surface area contributed by atoms with Crippen molar-refractivity contribution in [3.63, 3.8) is 0 Å². The van der Waals surface area contributed by atoms with E-state index in [9.17, 15) is 0 Å². The van der Waals surface area contributed by atoms with E-state index in [4.69, 9.17) is 16.3 Å². The minimum atomic E-state index is 0.595. The second kappa shape index (κ2) is 6.30. The highest BCUT2D eigenvalue weighted by atomic mass is 79.9. The zero-order valence-electron chi connectivity index (χ0n) is 10.8. The highest BCUT2D eigenvalue weighted by Crippen LogP contribution is 2.36. The Hall–Kier alpha value is -1.20. The third-order valence-electron chi connectivity index (χ3n) is 2.65. The van der Waals surface area contributed by atoms with Crippen molar-refractivity contribution in [3.05, 3.63) is 39.8 Å². The fourth-order valence-corrected chi connectivity index (χ4v) is 2.65. The number of imidazole rings is 1. The lowest BCUT2D eigenvalue weighted by molar-refractivity contribution is 0.339. The van der Waals surface area contributed by atoms with Crippen LogP contribution in [0.5, 0.6) is 5.75 Å². The molecule has 0 fully saturated rings. The summed E-state index contributed by atoms with van der Waals surface area (Å²) >= 11 is 9.53. The van der Waals surface area contributed by atoms with Crippen LogP contribution in [0.1, 0.15) is 12.7 Å². The lowest BCUT2D eigenvalue weighted by atomic mass is 10.3. The first-order valence-corrected chi connectivity index (χ1v) is 7.10. The van der Waals surface area contributed by atoms with Gasteiger partial charge in [0, 0.05) is 24.5 Å². The zero-order chi connectivity index (χ0) is 13.8. The topological polar surface area (TPSA) is 39.1 Å². The van der Waals surface area contributed by atoms with E-state index in [1.165, 1.54) is 0 Å². The summed E-state index contributed by atoms with van der Waals surface area (Å²) in [7, 11) is 1.96. The third-order valence-corrected chi connectivity index (χ3v) is 3.46. The van der Waals surface area contributed by atoms with Crippen LogP contribution < -0.4 is 10.1 Å². The average Bonchev–Trinajstić information content (AvgIpc) is 2.76. The van der Waals surface area contributed by atoms with Gasteiger partial charge in [-0.1, -0.05) is 11.6 Å². The van der Waals surface area contributed by atoms with Crippen LogP contribution in [0.2, 0.25) is 5.02 Å². The van der Waals surface area contributed by atoms with Crippen molar-refractivity contribution in [2.45, 2.75) is 13.5 Å². The highest BCUT2D eigenvalue weighted by Gasteiger charge is 2.10. The number of nitrogens with zero attached hydrogens (tertiary/aromatic N) is 2. The van der Waals surface area contributed by atoms with E-state index in [0.29, 0.717) is 18.2 Å². The summed E-state index contributed by atoms with van der Waals surface area (Å²) in [5.41, 5.74) is 0.851. The van der Waals surface area contributed by atoms with Crippen LogP contribution in [-0.4, -0.2) is 16.2 Å². The number of aromatic nitrogens is 2. The Morgan fingerprint density at radius 2 is 2.26 bits per heavy atom. The van der Waals surface area contributed by atoms with Crippen LogP contribution in [0.15, 0.2) is 29.0 Å².